The second-order valence-electron chi connectivity index (χ2n) is 6.63. The van der Waals surface area contributed by atoms with E-state index in [-0.39, 0.29) is 12.5 Å². The van der Waals surface area contributed by atoms with Gasteiger partial charge in [-0.15, -0.1) is 0 Å². The summed E-state index contributed by atoms with van der Waals surface area (Å²) in [5.41, 5.74) is 6.69. The fourth-order valence-corrected chi connectivity index (χ4v) is 2.61. The smallest absolute Gasteiger partial charge is 0.333 e. The minimum Gasteiger partial charge on any atom is -0.333 e. The van der Waals surface area contributed by atoms with Crippen molar-refractivity contribution in [3.8, 4) is 0 Å². The van der Waals surface area contributed by atoms with E-state index in [2.05, 4.69) is 0 Å². The number of hydrogen-bond donors (Lipinski definition) is 1. The monoisotopic (exact) mass is 379 g/mol. The highest BCUT2D eigenvalue weighted by Gasteiger charge is 2.30. The molecule has 4 nitrogen and oxygen atoms in total. The van der Waals surface area contributed by atoms with Crippen molar-refractivity contribution in [2.75, 3.05) is 27.2 Å². The van der Waals surface area contributed by atoms with E-state index in [4.69, 9.17) is 5.73 Å². The lowest BCUT2D eigenvalue weighted by atomic mass is 10.1. The zero-order valence-electron chi connectivity index (χ0n) is 15.5. The Morgan fingerprint density at radius 2 is 1.67 bits per heavy atom. The first-order valence-electron chi connectivity index (χ1n) is 8.60. The normalized spacial score (nSPS) is 11.7. The topological polar surface area (TPSA) is 49.6 Å². The summed E-state index contributed by atoms with van der Waals surface area (Å²) in [4.78, 5) is 16.4. The molecule has 2 aromatic rings. The fourth-order valence-electron chi connectivity index (χ4n) is 2.61. The predicted molar refractivity (Wildman–Crippen MR) is 99.1 cm³/mol. The maximum Gasteiger partial charge on any atom is 0.416 e. The van der Waals surface area contributed by atoms with Gasteiger partial charge in [0.2, 0.25) is 0 Å². The number of rotatable bonds is 7. The molecular formula is C20H24F3N3O. The predicted octanol–water partition coefficient (Wildman–Crippen LogP) is 3.37. The average Bonchev–Trinajstić information content (AvgIpc) is 2.64. The molecule has 0 aliphatic heterocycles. The SMILES string of the molecule is CN(C)CCN(Cc1cccc(C(F)(F)F)c1)C(=O)c1ccc(CN)cc1. The zero-order valence-corrected chi connectivity index (χ0v) is 15.5. The molecular weight excluding hydrogens is 355 g/mol. The number of likely N-dealkylation sites (N-methyl/N-ethyl adjacent to an activating group) is 1. The molecule has 0 bridgehead atoms. The standard InChI is InChI=1S/C20H24F3N3O/c1-25(2)10-11-26(19(27)17-8-6-15(13-24)7-9-17)14-16-4-3-5-18(12-16)20(21,22)23/h3-9,12H,10-11,13-14,24H2,1-2H3. The Balaban J connectivity index is 2.24. The molecule has 0 spiro atoms. The molecule has 0 atom stereocenters. The third kappa shape index (κ3) is 6.08. The number of nitrogens with zero attached hydrogens (tertiary/aromatic N) is 2. The zero-order chi connectivity index (χ0) is 20.0. The summed E-state index contributed by atoms with van der Waals surface area (Å²) >= 11 is 0. The van der Waals surface area contributed by atoms with Gasteiger partial charge >= 0.3 is 6.18 Å². The van der Waals surface area contributed by atoms with Crippen molar-refractivity contribution in [1.82, 2.24) is 9.80 Å². The summed E-state index contributed by atoms with van der Waals surface area (Å²) in [5, 5.41) is 0. The first-order valence-corrected chi connectivity index (χ1v) is 8.60. The minimum absolute atomic E-state index is 0.106. The van der Waals surface area contributed by atoms with E-state index in [0.29, 0.717) is 30.8 Å². The Kier molecular flexibility index (Phi) is 6.98. The Morgan fingerprint density at radius 1 is 1.00 bits per heavy atom. The summed E-state index contributed by atoms with van der Waals surface area (Å²) in [6.07, 6.45) is -4.41. The second kappa shape index (κ2) is 9.01. The van der Waals surface area contributed by atoms with Gasteiger partial charge in [-0.1, -0.05) is 24.3 Å². The molecule has 2 aromatic carbocycles. The van der Waals surface area contributed by atoms with E-state index >= 15 is 0 Å². The summed E-state index contributed by atoms with van der Waals surface area (Å²) in [6.45, 7) is 1.49. The van der Waals surface area contributed by atoms with Crippen LogP contribution in [-0.4, -0.2) is 42.9 Å². The van der Waals surface area contributed by atoms with Crippen molar-refractivity contribution in [3.05, 3.63) is 70.8 Å². The van der Waals surface area contributed by atoms with Crippen LogP contribution in [0.25, 0.3) is 0 Å². The number of hydrogen-bond acceptors (Lipinski definition) is 3. The van der Waals surface area contributed by atoms with Gasteiger partial charge in [0.1, 0.15) is 0 Å². The molecule has 0 saturated carbocycles. The van der Waals surface area contributed by atoms with Gasteiger partial charge in [-0.05, 0) is 49.5 Å². The molecule has 0 aliphatic carbocycles. The molecule has 0 unspecified atom stereocenters. The summed E-state index contributed by atoms with van der Waals surface area (Å²) in [7, 11) is 3.76. The van der Waals surface area contributed by atoms with Crippen LogP contribution < -0.4 is 5.73 Å². The van der Waals surface area contributed by atoms with Crippen LogP contribution in [0.5, 0.6) is 0 Å². The van der Waals surface area contributed by atoms with Gasteiger partial charge in [-0.2, -0.15) is 13.2 Å². The Morgan fingerprint density at radius 3 is 2.22 bits per heavy atom. The number of carbonyl (C=O) groups is 1. The Bertz CT molecular complexity index is 758. The highest BCUT2D eigenvalue weighted by molar-refractivity contribution is 5.94. The second-order valence-corrected chi connectivity index (χ2v) is 6.63. The van der Waals surface area contributed by atoms with Gasteiger partial charge < -0.3 is 15.5 Å². The van der Waals surface area contributed by atoms with E-state index in [1.54, 1.807) is 35.2 Å². The minimum atomic E-state index is -4.41. The van der Waals surface area contributed by atoms with Crippen LogP contribution in [-0.2, 0) is 19.3 Å². The molecule has 2 N–H and O–H groups in total. The number of alkyl halides is 3. The van der Waals surface area contributed by atoms with Crippen molar-refractivity contribution in [2.24, 2.45) is 5.73 Å². The molecule has 0 aliphatic rings. The molecule has 7 heteroatoms. The number of carbonyl (C=O) groups excluding carboxylic acids is 1. The van der Waals surface area contributed by atoms with Crippen molar-refractivity contribution in [3.63, 3.8) is 0 Å². The van der Waals surface area contributed by atoms with Crippen LogP contribution in [0.1, 0.15) is 27.0 Å². The number of halogens is 3. The number of nitrogens with two attached hydrogens (primary N) is 1. The average molecular weight is 379 g/mol. The first-order chi connectivity index (χ1) is 12.7. The largest absolute Gasteiger partial charge is 0.416 e. The lowest BCUT2D eigenvalue weighted by Crippen LogP contribution is -2.36. The Hall–Kier alpha value is -2.38. The van der Waals surface area contributed by atoms with Gasteiger partial charge in [0, 0.05) is 31.7 Å². The molecule has 0 fully saturated rings. The van der Waals surface area contributed by atoms with Gasteiger partial charge in [0.25, 0.3) is 5.91 Å². The molecule has 0 aromatic heterocycles. The Labute approximate surface area is 157 Å². The van der Waals surface area contributed by atoms with Crippen LogP contribution in [0.15, 0.2) is 48.5 Å². The van der Waals surface area contributed by atoms with E-state index in [1.165, 1.54) is 6.07 Å². The third-order valence-electron chi connectivity index (χ3n) is 4.17. The summed E-state index contributed by atoms with van der Waals surface area (Å²) < 4.78 is 38.9. The van der Waals surface area contributed by atoms with E-state index < -0.39 is 11.7 Å². The number of amides is 1. The molecule has 2 rings (SSSR count). The van der Waals surface area contributed by atoms with Crippen LogP contribution >= 0.6 is 0 Å². The lowest BCUT2D eigenvalue weighted by Gasteiger charge is -2.25. The van der Waals surface area contributed by atoms with E-state index in [0.717, 1.165) is 17.7 Å². The fraction of sp³-hybridized carbons (Fsp3) is 0.350. The maximum atomic E-state index is 13.0. The molecule has 0 heterocycles. The maximum absolute atomic E-state index is 13.0. The van der Waals surface area contributed by atoms with Gasteiger partial charge in [-0.25, -0.2) is 0 Å². The van der Waals surface area contributed by atoms with Crippen LogP contribution in [0.4, 0.5) is 13.2 Å². The summed E-state index contributed by atoms with van der Waals surface area (Å²) in [5.74, 6) is -0.224. The molecule has 27 heavy (non-hydrogen) atoms. The van der Waals surface area contributed by atoms with Crippen LogP contribution in [0, 0.1) is 0 Å². The quantitative estimate of drug-likeness (QED) is 0.803. The third-order valence-corrected chi connectivity index (χ3v) is 4.17. The number of benzene rings is 2. The van der Waals surface area contributed by atoms with E-state index in [9.17, 15) is 18.0 Å². The van der Waals surface area contributed by atoms with E-state index in [1.807, 2.05) is 19.0 Å². The molecule has 0 radical (unpaired) electrons. The molecule has 1 amide bonds. The molecule has 0 saturated heterocycles. The van der Waals surface area contributed by atoms with Crippen LogP contribution in [0.2, 0.25) is 0 Å². The van der Waals surface area contributed by atoms with Crippen molar-refractivity contribution >= 4 is 5.91 Å². The summed E-state index contributed by atoms with van der Waals surface area (Å²) in [6, 6.07) is 12.0. The van der Waals surface area contributed by atoms with Crippen molar-refractivity contribution in [1.29, 1.82) is 0 Å². The molecule has 146 valence electrons. The highest BCUT2D eigenvalue weighted by atomic mass is 19.4. The first kappa shape index (κ1) is 20.9. The van der Waals surface area contributed by atoms with Gasteiger partial charge in [0.05, 0.1) is 5.56 Å². The van der Waals surface area contributed by atoms with Crippen molar-refractivity contribution < 1.29 is 18.0 Å². The van der Waals surface area contributed by atoms with Crippen molar-refractivity contribution in [2.45, 2.75) is 19.3 Å². The van der Waals surface area contributed by atoms with Crippen LogP contribution in [0.3, 0.4) is 0 Å². The lowest BCUT2D eigenvalue weighted by molar-refractivity contribution is -0.137. The van der Waals surface area contributed by atoms with Gasteiger partial charge in [0.15, 0.2) is 0 Å². The van der Waals surface area contributed by atoms with Gasteiger partial charge in [-0.3, -0.25) is 4.79 Å². The highest BCUT2D eigenvalue weighted by Crippen LogP contribution is 2.29.